The molecular weight excluding hydrogens is 360 g/mol. The van der Waals surface area contributed by atoms with Crippen LogP contribution in [-0.4, -0.2) is 51.5 Å². The Labute approximate surface area is 162 Å². The summed E-state index contributed by atoms with van der Waals surface area (Å²) in [4.78, 5) is 28.7. The van der Waals surface area contributed by atoms with Crippen LogP contribution in [-0.2, 0) is 0 Å². The highest BCUT2D eigenvalue weighted by Crippen LogP contribution is 2.26. The number of aliphatic hydroxyl groups excluding tert-OH is 1. The lowest BCUT2D eigenvalue weighted by molar-refractivity contribution is 0.0995. The second-order valence-electron chi connectivity index (χ2n) is 5.70. The largest absolute Gasteiger partial charge is 0.504 e. The summed E-state index contributed by atoms with van der Waals surface area (Å²) >= 11 is 0. The molecule has 0 saturated heterocycles. The summed E-state index contributed by atoms with van der Waals surface area (Å²) in [5.41, 5.74) is 12.9. The van der Waals surface area contributed by atoms with Crippen molar-refractivity contribution in [1.82, 2.24) is 15.0 Å². The van der Waals surface area contributed by atoms with E-state index in [1.165, 1.54) is 19.2 Å². The van der Waals surface area contributed by atoms with Crippen molar-refractivity contribution in [2.75, 3.05) is 18.9 Å². The zero-order valence-electron chi connectivity index (χ0n) is 15.8. The Morgan fingerprint density at radius 1 is 1.39 bits per heavy atom. The van der Waals surface area contributed by atoms with Crippen LogP contribution in [0.5, 0.6) is 0 Å². The molecule has 0 atom stereocenters. The van der Waals surface area contributed by atoms with Crippen LogP contribution in [0.15, 0.2) is 34.8 Å². The quantitative estimate of drug-likeness (QED) is 0.353. The maximum absolute atomic E-state index is 11.6. The van der Waals surface area contributed by atoms with Gasteiger partial charge in [0.15, 0.2) is 11.6 Å². The van der Waals surface area contributed by atoms with Gasteiger partial charge in [0.1, 0.15) is 17.1 Å². The number of nitrogens with one attached hydrogen (secondary N) is 2. The standard InChI is InChI=1S/C18H22N8O2/c1-4-23-15(16(27)9(2)20)18-24-6-5-11(26-18)14-10(8-19)12(22-3)7-13(25-14)17(21)28/h5-8,19,27H,4,20H2,1-3H3,(H2,21,28)(H,22,25)/b16-9+,19-8?,23-15?. The van der Waals surface area contributed by atoms with Gasteiger partial charge in [0.05, 0.1) is 5.69 Å². The lowest BCUT2D eigenvalue weighted by Crippen LogP contribution is -2.17. The van der Waals surface area contributed by atoms with Crippen LogP contribution in [0.2, 0.25) is 0 Å². The van der Waals surface area contributed by atoms with Gasteiger partial charge in [-0.25, -0.2) is 15.0 Å². The summed E-state index contributed by atoms with van der Waals surface area (Å²) in [6.45, 7) is 3.72. The van der Waals surface area contributed by atoms with Gasteiger partial charge >= 0.3 is 0 Å². The number of hydrogen-bond acceptors (Lipinski definition) is 9. The molecule has 0 aliphatic heterocycles. The zero-order valence-corrected chi connectivity index (χ0v) is 15.8. The number of nitrogens with two attached hydrogens (primary N) is 2. The molecule has 146 valence electrons. The molecule has 2 aromatic heterocycles. The van der Waals surface area contributed by atoms with E-state index in [1.54, 1.807) is 20.0 Å². The summed E-state index contributed by atoms with van der Waals surface area (Å²) in [6, 6.07) is 3.04. The molecule has 0 aliphatic rings. The van der Waals surface area contributed by atoms with Crippen molar-refractivity contribution in [3.63, 3.8) is 0 Å². The molecule has 10 nitrogen and oxygen atoms in total. The Balaban J connectivity index is 2.74. The normalized spacial score (nSPS) is 12.3. The monoisotopic (exact) mass is 382 g/mol. The van der Waals surface area contributed by atoms with E-state index in [2.05, 4.69) is 25.3 Å². The van der Waals surface area contributed by atoms with E-state index >= 15 is 0 Å². The number of carbonyl (C=O) groups excluding carboxylic acids is 1. The Hall–Kier alpha value is -3.82. The zero-order chi connectivity index (χ0) is 20.8. The molecule has 28 heavy (non-hydrogen) atoms. The van der Waals surface area contributed by atoms with Crippen LogP contribution >= 0.6 is 0 Å². The van der Waals surface area contributed by atoms with Crippen molar-refractivity contribution >= 4 is 23.5 Å². The molecule has 0 bridgehead atoms. The lowest BCUT2D eigenvalue weighted by atomic mass is 10.1. The molecule has 0 spiro atoms. The third-order valence-corrected chi connectivity index (χ3v) is 3.75. The van der Waals surface area contributed by atoms with E-state index in [0.29, 0.717) is 23.5 Å². The number of aliphatic hydroxyl groups is 1. The summed E-state index contributed by atoms with van der Waals surface area (Å²) in [7, 11) is 1.65. The van der Waals surface area contributed by atoms with Gasteiger partial charge < -0.3 is 27.3 Å². The van der Waals surface area contributed by atoms with Crippen LogP contribution in [0.25, 0.3) is 11.4 Å². The Bertz CT molecular complexity index is 978. The van der Waals surface area contributed by atoms with Gasteiger partial charge in [-0.3, -0.25) is 9.79 Å². The number of hydrogen-bond donors (Lipinski definition) is 5. The number of rotatable bonds is 7. The van der Waals surface area contributed by atoms with Crippen LogP contribution in [0.4, 0.5) is 5.69 Å². The van der Waals surface area contributed by atoms with Gasteiger partial charge in [0, 0.05) is 43.0 Å². The van der Waals surface area contributed by atoms with Gasteiger partial charge in [-0.05, 0) is 26.0 Å². The Morgan fingerprint density at radius 2 is 2.11 bits per heavy atom. The number of primary amides is 1. The van der Waals surface area contributed by atoms with Crippen LogP contribution in [0.1, 0.15) is 35.7 Å². The first-order chi connectivity index (χ1) is 13.3. The minimum Gasteiger partial charge on any atom is -0.504 e. The summed E-state index contributed by atoms with van der Waals surface area (Å²) in [5.74, 6) is -0.799. The number of anilines is 1. The maximum Gasteiger partial charge on any atom is 0.267 e. The first kappa shape index (κ1) is 20.5. The highest BCUT2D eigenvalue weighted by molar-refractivity contribution is 6.09. The third kappa shape index (κ3) is 4.11. The third-order valence-electron chi connectivity index (χ3n) is 3.75. The number of aliphatic imine (C=N–C) groups is 1. The second kappa shape index (κ2) is 8.71. The molecule has 0 fully saturated rings. The second-order valence-corrected chi connectivity index (χ2v) is 5.70. The SMILES string of the molecule is CCN=C(/C(O)=C(/C)N)c1nccc(-c2nc(C(N)=O)cc(NC)c2C=N)n1. The number of aromatic nitrogens is 3. The summed E-state index contributed by atoms with van der Waals surface area (Å²) in [6.07, 6.45) is 2.57. The molecule has 0 saturated carbocycles. The van der Waals surface area contributed by atoms with Crippen LogP contribution in [0.3, 0.4) is 0 Å². The van der Waals surface area contributed by atoms with E-state index in [4.69, 9.17) is 16.9 Å². The van der Waals surface area contributed by atoms with Crippen LogP contribution in [0, 0.1) is 5.41 Å². The molecular formula is C18H22N8O2. The van der Waals surface area contributed by atoms with Gasteiger partial charge in [-0.15, -0.1) is 0 Å². The van der Waals surface area contributed by atoms with Crippen molar-refractivity contribution in [3.8, 4) is 11.4 Å². The van der Waals surface area contributed by atoms with Crippen molar-refractivity contribution in [2.45, 2.75) is 13.8 Å². The average molecular weight is 382 g/mol. The molecule has 10 heteroatoms. The highest BCUT2D eigenvalue weighted by Gasteiger charge is 2.19. The molecule has 0 aliphatic carbocycles. The van der Waals surface area contributed by atoms with E-state index in [-0.39, 0.29) is 34.4 Å². The topological polar surface area (TPSA) is 176 Å². The Morgan fingerprint density at radius 3 is 2.64 bits per heavy atom. The summed E-state index contributed by atoms with van der Waals surface area (Å²) < 4.78 is 0. The molecule has 0 radical (unpaired) electrons. The van der Waals surface area contributed by atoms with E-state index in [9.17, 15) is 9.90 Å². The molecule has 0 aromatic carbocycles. The van der Waals surface area contributed by atoms with E-state index in [0.717, 1.165) is 6.21 Å². The molecule has 1 amide bonds. The average Bonchev–Trinajstić information content (AvgIpc) is 2.70. The maximum atomic E-state index is 11.6. The fraction of sp³-hybridized carbons (Fsp3) is 0.222. The molecule has 2 rings (SSSR count). The fourth-order valence-electron chi connectivity index (χ4n) is 2.43. The highest BCUT2D eigenvalue weighted by atomic mass is 16.3. The summed E-state index contributed by atoms with van der Waals surface area (Å²) in [5, 5.41) is 20.9. The fourth-order valence-corrected chi connectivity index (χ4v) is 2.43. The number of carbonyl (C=O) groups is 1. The van der Waals surface area contributed by atoms with Gasteiger partial charge in [-0.2, -0.15) is 0 Å². The van der Waals surface area contributed by atoms with E-state index in [1.807, 2.05) is 0 Å². The smallest absolute Gasteiger partial charge is 0.267 e. The molecule has 2 aromatic rings. The minimum atomic E-state index is -0.712. The predicted molar refractivity (Wildman–Crippen MR) is 108 cm³/mol. The van der Waals surface area contributed by atoms with Crippen molar-refractivity contribution in [3.05, 3.63) is 46.9 Å². The molecule has 0 unspecified atom stereocenters. The minimum absolute atomic E-state index is 0.0214. The number of amides is 1. The van der Waals surface area contributed by atoms with E-state index < -0.39 is 5.91 Å². The van der Waals surface area contributed by atoms with Gasteiger partial charge in [-0.1, -0.05) is 0 Å². The first-order valence-electron chi connectivity index (χ1n) is 8.40. The van der Waals surface area contributed by atoms with Gasteiger partial charge in [0.2, 0.25) is 0 Å². The lowest BCUT2D eigenvalue weighted by Gasteiger charge is -2.13. The molecule has 2 heterocycles. The predicted octanol–water partition coefficient (Wildman–Crippen LogP) is 1.23. The number of pyridine rings is 1. The number of allylic oxidation sites excluding steroid dienone is 2. The van der Waals surface area contributed by atoms with Crippen molar-refractivity contribution in [2.24, 2.45) is 16.5 Å². The Kier molecular flexibility index (Phi) is 6.38. The van der Waals surface area contributed by atoms with Crippen molar-refractivity contribution in [1.29, 1.82) is 5.41 Å². The van der Waals surface area contributed by atoms with Crippen LogP contribution < -0.4 is 16.8 Å². The first-order valence-corrected chi connectivity index (χ1v) is 8.40. The van der Waals surface area contributed by atoms with Gasteiger partial charge in [0.25, 0.3) is 5.91 Å². The number of nitrogens with zero attached hydrogens (tertiary/aromatic N) is 4. The molecule has 7 N–H and O–H groups in total. The van der Waals surface area contributed by atoms with Crippen molar-refractivity contribution < 1.29 is 9.90 Å².